The van der Waals surface area contributed by atoms with Crippen LogP contribution in [0.2, 0.25) is 0 Å². The van der Waals surface area contributed by atoms with Crippen LogP contribution in [-0.4, -0.2) is 0 Å². The van der Waals surface area contributed by atoms with Crippen LogP contribution in [0, 0.1) is 11.7 Å². The molecule has 1 aromatic carbocycles. The summed E-state index contributed by atoms with van der Waals surface area (Å²) in [6, 6.07) is 6.66. The minimum absolute atomic E-state index is 0.0377. The van der Waals surface area contributed by atoms with Crippen molar-refractivity contribution in [2.24, 2.45) is 11.8 Å². The summed E-state index contributed by atoms with van der Waals surface area (Å²) in [7, 11) is 0. The van der Waals surface area contributed by atoms with E-state index in [0.29, 0.717) is 5.92 Å². The van der Waals surface area contributed by atoms with Gasteiger partial charge in [-0.25, -0.2) is 4.39 Å². The first-order valence-corrected chi connectivity index (χ1v) is 5.44. The monoisotopic (exact) mass is 210 g/mol. The van der Waals surface area contributed by atoms with E-state index in [1.54, 1.807) is 12.1 Å². The van der Waals surface area contributed by atoms with Crippen LogP contribution < -0.4 is 11.3 Å². The predicted molar refractivity (Wildman–Crippen MR) is 60.5 cm³/mol. The lowest BCUT2D eigenvalue weighted by atomic mass is 9.89. The van der Waals surface area contributed by atoms with Crippen LogP contribution in [0.1, 0.15) is 38.3 Å². The molecule has 3 N–H and O–H groups in total. The van der Waals surface area contributed by atoms with Gasteiger partial charge in [0.2, 0.25) is 0 Å². The lowest BCUT2D eigenvalue weighted by molar-refractivity contribution is 0.344. The van der Waals surface area contributed by atoms with Crippen LogP contribution in [-0.2, 0) is 0 Å². The number of nitrogens with one attached hydrogen (secondary N) is 1. The topological polar surface area (TPSA) is 38.0 Å². The molecule has 0 aromatic heterocycles. The van der Waals surface area contributed by atoms with Gasteiger partial charge in [0.25, 0.3) is 0 Å². The molecule has 84 valence electrons. The molecule has 3 heteroatoms. The highest BCUT2D eigenvalue weighted by atomic mass is 19.1. The molecule has 0 heterocycles. The van der Waals surface area contributed by atoms with Crippen LogP contribution in [0.4, 0.5) is 4.39 Å². The Balaban J connectivity index is 2.90. The second-order valence-corrected chi connectivity index (χ2v) is 3.78. The Morgan fingerprint density at radius 1 is 1.33 bits per heavy atom. The SMILES string of the molecule is CCC(CC)C(NN)c1cccc(F)c1. The lowest BCUT2D eigenvalue weighted by Crippen LogP contribution is -2.33. The third kappa shape index (κ3) is 3.01. The van der Waals surface area contributed by atoms with Crippen molar-refractivity contribution in [3.05, 3.63) is 35.6 Å². The normalized spacial score (nSPS) is 13.1. The molecule has 0 aliphatic rings. The third-order valence-corrected chi connectivity index (χ3v) is 2.91. The molecular formula is C12H19FN2. The zero-order chi connectivity index (χ0) is 11.3. The number of hydrazine groups is 1. The Labute approximate surface area is 90.6 Å². The van der Waals surface area contributed by atoms with Crippen LogP contribution in [0.5, 0.6) is 0 Å². The van der Waals surface area contributed by atoms with Gasteiger partial charge in [-0.15, -0.1) is 0 Å². The number of nitrogens with two attached hydrogens (primary N) is 1. The number of halogens is 1. The van der Waals surface area contributed by atoms with Gasteiger partial charge in [-0.05, 0) is 23.6 Å². The number of hydrogen-bond acceptors (Lipinski definition) is 2. The van der Waals surface area contributed by atoms with Gasteiger partial charge in [-0.3, -0.25) is 11.3 Å². The Morgan fingerprint density at radius 3 is 2.47 bits per heavy atom. The highest BCUT2D eigenvalue weighted by molar-refractivity contribution is 5.20. The van der Waals surface area contributed by atoms with Crippen LogP contribution in [0.15, 0.2) is 24.3 Å². The minimum atomic E-state index is -0.210. The van der Waals surface area contributed by atoms with Crippen molar-refractivity contribution in [2.75, 3.05) is 0 Å². The summed E-state index contributed by atoms with van der Waals surface area (Å²) in [5.41, 5.74) is 3.70. The number of benzene rings is 1. The van der Waals surface area contributed by atoms with E-state index in [9.17, 15) is 4.39 Å². The molecule has 1 rings (SSSR count). The summed E-state index contributed by atoms with van der Waals surface area (Å²) in [4.78, 5) is 0. The molecule has 15 heavy (non-hydrogen) atoms. The second kappa shape index (κ2) is 5.83. The maximum atomic E-state index is 13.1. The largest absolute Gasteiger partial charge is 0.271 e. The number of rotatable bonds is 5. The molecule has 0 aliphatic carbocycles. The molecule has 1 unspecified atom stereocenters. The fourth-order valence-corrected chi connectivity index (χ4v) is 1.96. The Kier molecular flexibility index (Phi) is 4.72. The molecule has 0 bridgehead atoms. The molecule has 1 atom stereocenters. The third-order valence-electron chi connectivity index (χ3n) is 2.91. The molecule has 0 radical (unpaired) electrons. The van der Waals surface area contributed by atoms with Crippen LogP contribution in [0.25, 0.3) is 0 Å². The van der Waals surface area contributed by atoms with Crippen molar-refractivity contribution >= 4 is 0 Å². The summed E-state index contributed by atoms with van der Waals surface area (Å²) in [5.74, 6) is 5.77. The minimum Gasteiger partial charge on any atom is -0.271 e. The second-order valence-electron chi connectivity index (χ2n) is 3.78. The summed E-state index contributed by atoms with van der Waals surface area (Å²) in [6.07, 6.45) is 2.06. The molecule has 1 aromatic rings. The fraction of sp³-hybridized carbons (Fsp3) is 0.500. The van der Waals surface area contributed by atoms with Gasteiger partial charge in [0.15, 0.2) is 0 Å². The highest BCUT2D eigenvalue weighted by Gasteiger charge is 2.19. The molecule has 0 aliphatic heterocycles. The quantitative estimate of drug-likeness (QED) is 0.579. The summed E-state index contributed by atoms with van der Waals surface area (Å²) in [5, 5.41) is 0. The van der Waals surface area contributed by atoms with Crippen molar-refractivity contribution < 1.29 is 4.39 Å². The van der Waals surface area contributed by atoms with E-state index in [2.05, 4.69) is 19.3 Å². The zero-order valence-corrected chi connectivity index (χ0v) is 9.33. The first kappa shape index (κ1) is 12.1. The van der Waals surface area contributed by atoms with Crippen molar-refractivity contribution in [1.29, 1.82) is 0 Å². The molecule has 0 fully saturated rings. The van der Waals surface area contributed by atoms with Crippen molar-refractivity contribution in [2.45, 2.75) is 32.7 Å². The van der Waals surface area contributed by atoms with Crippen molar-refractivity contribution in [3.8, 4) is 0 Å². The molecule has 0 saturated heterocycles. The summed E-state index contributed by atoms with van der Waals surface area (Å²) in [6.45, 7) is 4.25. The standard InChI is InChI=1S/C12H19FN2/c1-3-9(4-2)12(15-14)10-6-5-7-11(13)8-10/h5-9,12,15H,3-4,14H2,1-2H3. The maximum Gasteiger partial charge on any atom is 0.123 e. The average Bonchev–Trinajstić information content (AvgIpc) is 2.25. The zero-order valence-electron chi connectivity index (χ0n) is 9.33. The van der Waals surface area contributed by atoms with Gasteiger partial charge < -0.3 is 0 Å². The Hall–Kier alpha value is -0.930. The van der Waals surface area contributed by atoms with Gasteiger partial charge in [0, 0.05) is 6.04 Å². The molecule has 0 saturated carbocycles. The Morgan fingerprint density at radius 2 is 2.00 bits per heavy atom. The van der Waals surface area contributed by atoms with Gasteiger partial charge in [0.1, 0.15) is 5.82 Å². The van der Waals surface area contributed by atoms with Crippen LogP contribution in [0.3, 0.4) is 0 Å². The van der Waals surface area contributed by atoms with E-state index in [-0.39, 0.29) is 11.9 Å². The van der Waals surface area contributed by atoms with Crippen molar-refractivity contribution in [3.63, 3.8) is 0 Å². The molecular weight excluding hydrogens is 191 g/mol. The smallest absolute Gasteiger partial charge is 0.123 e. The number of hydrogen-bond donors (Lipinski definition) is 2. The maximum absolute atomic E-state index is 13.1. The first-order valence-electron chi connectivity index (χ1n) is 5.44. The van der Waals surface area contributed by atoms with Crippen LogP contribution >= 0.6 is 0 Å². The van der Waals surface area contributed by atoms with E-state index < -0.39 is 0 Å². The highest BCUT2D eigenvalue weighted by Crippen LogP contribution is 2.26. The summed E-state index contributed by atoms with van der Waals surface area (Å²) >= 11 is 0. The Bertz CT molecular complexity index is 297. The van der Waals surface area contributed by atoms with E-state index in [4.69, 9.17) is 5.84 Å². The first-order chi connectivity index (χ1) is 7.22. The van der Waals surface area contributed by atoms with Gasteiger partial charge in [-0.1, -0.05) is 38.8 Å². The molecule has 2 nitrogen and oxygen atoms in total. The van der Waals surface area contributed by atoms with Gasteiger partial charge in [-0.2, -0.15) is 0 Å². The van der Waals surface area contributed by atoms with E-state index in [1.807, 2.05) is 6.07 Å². The van der Waals surface area contributed by atoms with E-state index in [0.717, 1.165) is 18.4 Å². The van der Waals surface area contributed by atoms with Gasteiger partial charge >= 0.3 is 0 Å². The van der Waals surface area contributed by atoms with E-state index in [1.165, 1.54) is 6.07 Å². The molecule has 0 spiro atoms. The van der Waals surface area contributed by atoms with Gasteiger partial charge in [0.05, 0.1) is 0 Å². The van der Waals surface area contributed by atoms with Crippen molar-refractivity contribution in [1.82, 2.24) is 5.43 Å². The fourth-order valence-electron chi connectivity index (χ4n) is 1.96. The van der Waals surface area contributed by atoms with E-state index >= 15 is 0 Å². The lowest BCUT2D eigenvalue weighted by Gasteiger charge is -2.24. The summed E-state index contributed by atoms with van der Waals surface area (Å²) < 4.78 is 13.1. The predicted octanol–water partition coefficient (Wildman–Crippen LogP) is 2.77. The average molecular weight is 210 g/mol. The molecule has 0 amide bonds.